The number of benzene rings is 1. The normalized spacial score (nSPS) is 13.9. The van der Waals surface area contributed by atoms with E-state index in [1.807, 2.05) is 36.4 Å². The average molecular weight is 230 g/mol. The minimum atomic E-state index is -0.703. The van der Waals surface area contributed by atoms with E-state index in [1.54, 1.807) is 19.9 Å². The summed E-state index contributed by atoms with van der Waals surface area (Å²) < 4.78 is 0. The van der Waals surface area contributed by atoms with Crippen molar-refractivity contribution in [3.63, 3.8) is 0 Å². The molecule has 0 aliphatic carbocycles. The van der Waals surface area contributed by atoms with E-state index in [0.717, 1.165) is 5.56 Å². The lowest BCUT2D eigenvalue weighted by Gasteiger charge is -2.05. The van der Waals surface area contributed by atoms with Gasteiger partial charge in [0.1, 0.15) is 0 Å². The van der Waals surface area contributed by atoms with Crippen LogP contribution in [0.25, 0.3) is 6.08 Å². The highest BCUT2D eigenvalue weighted by Crippen LogP contribution is 2.07. The van der Waals surface area contributed by atoms with Crippen molar-refractivity contribution in [3.8, 4) is 0 Å². The number of hydrogen-bond acceptors (Lipinski definition) is 2. The Labute approximate surface area is 102 Å². The minimum Gasteiger partial charge on any atom is -0.385 e. The van der Waals surface area contributed by atoms with Crippen LogP contribution in [0, 0.1) is 0 Å². The highest BCUT2D eigenvalue weighted by molar-refractivity contribution is 5.90. The maximum absolute atomic E-state index is 11.2. The van der Waals surface area contributed by atoms with Crippen LogP contribution in [0.4, 0.5) is 0 Å². The second-order valence-electron chi connectivity index (χ2n) is 3.92. The molecule has 0 fully saturated rings. The SMILES string of the molecule is CCC(=O)/C=C(/C)C(O)/C=C/c1ccccc1. The molecule has 1 aromatic carbocycles. The largest absolute Gasteiger partial charge is 0.385 e. The molecule has 0 aliphatic rings. The van der Waals surface area contributed by atoms with Crippen LogP contribution in [0.1, 0.15) is 25.8 Å². The Balaban J connectivity index is 2.66. The molecule has 0 amide bonds. The number of allylic oxidation sites excluding steroid dienone is 1. The zero-order chi connectivity index (χ0) is 12.7. The highest BCUT2D eigenvalue weighted by atomic mass is 16.3. The summed E-state index contributed by atoms with van der Waals surface area (Å²) in [6, 6.07) is 9.74. The number of carbonyl (C=O) groups is 1. The Morgan fingerprint density at radius 3 is 2.59 bits per heavy atom. The first-order chi connectivity index (χ1) is 8.13. The molecule has 0 saturated heterocycles. The van der Waals surface area contributed by atoms with Crippen molar-refractivity contribution in [2.75, 3.05) is 0 Å². The van der Waals surface area contributed by atoms with Crippen LogP contribution in [-0.4, -0.2) is 17.0 Å². The summed E-state index contributed by atoms with van der Waals surface area (Å²) in [7, 11) is 0. The Hall–Kier alpha value is -1.67. The second kappa shape index (κ2) is 6.81. The molecule has 2 nitrogen and oxygen atoms in total. The lowest BCUT2D eigenvalue weighted by molar-refractivity contribution is -0.114. The summed E-state index contributed by atoms with van der Waals surface area (Å²) >= 11 is 0. The molecule has 90 valence electrons. The number of hydrogen-bond donors (Lipinski definition) is 1. The zero-order valence-electron chi connectivity index (χ0n) is 10.3. The summed E-state index contributed by atoms with van der Waals surface area (Å²) in [5.74, 6) is 0.0367. The van der Waals surface area contributed by atoms with Gasteiger partial charge in [0.05, 0.1) is 6.10 Å². The molecule has 0 heterocycles. The van der Waals surface area contributed by atoms with Crippen LogP contribution >= 0.6 is 0 Å². The van der Waals surface area contributed by atoms with Crippen LogP contribution in [0.3, 0.4) is 0 Å². The fraction of sp³-hybridized carbons (Fsp3) is 0.267. The van der Waals surface area contributed by atoms with E-state index in [4.69, 9.17) is 0 Å². The van der Waals surface area contributed by atoms with Gasteiger partial charge in [-0.2, -0.15) is 0 Å². The molecule has 0 bridgehead atoms. The van der Waals surface area contributed by atoms with Crippen molar-refractivity contribution in [1.82, 2.24) is 0 Å². The molecule has 0 radical (unpaired) electrons. The maximum Gasteiger partial charge on any atom is 0.155 e. The van der Waals surface area contributed by atoms with E-state index in [2.05, 4.69) is 0 Å². The van der Waals surface area contributed by atoms with Crippen molar-refractivity contribution in [1.29, 1.82) is 0 Å². The third kappa shape index (κ3) is 4.79. The van der Waals surface area contributed by atoms with Crippen molar-refractivity contribution in [3.05, 3.63) is 53.6 Å². The van der Waals surface area contributed by atoms with Crippen molar-refractivity contribution in [2.24, 2.45) is 0 Å². The predicted molar refractivity (Wildman–Crippen MR) is 70.5 cm³/mol. The molecular formula is C15H18O2. The van der Waals surface area contributed by atoms with Gasteiger partial charge in [-0.15, -0.1) is 0 Å². The van der Waals surface area contributed by atoms with E-state index >= 15 is 0 Å². The molecule has 1 atom stereocenters. The molecule has 2 heteroatoms. The molecule has 1 unspecified atom stereocenters. The Bertz CT molecular complexity index is 416. The number of aliphatic hydroxyl groups excluding tert-OH is 1. The lowest BCUT2D eigenvalue weighted by Crippen LogP contribution is -2.05. The molecule has 1 rings (SSSR count). The monoisotopic (exact) mass is 230 g/mol. The summed E-state index contributed by atoms with van der Waals surface area (Å²) in [6.07, 6.45) is 4.79. The first-order valence-corrected chi connectivity index (χ1v) is 5.76. The molecule has 1 N–H and O–H groups in total. The van der Waals surface area contributed by atoms with Crippen molar-refractivity contribution in [2.45, 2.75) is 26.4 Å². The number of aliphatic hydroxyl groups is 1. The summed E-state index contributed by atoms with van der Waals surface area (Å²) in [4.78, 5) is 11.2. The van der Waals surface area contributed by atoms with Gasteiger partial charge in [0, 0.05) is 6.42 Å². The van der Waals surface area contributed by atoms with Gasteiger partial charge in [-0.05, 0) is 24.1 Å². The highest BCUT2D eigenvalue weighted by Gasteiger charge is 2.03. The Morgan fingerprint density at radius 1 is 1.35 bits per heavy atom. The molecule has 0 saturated carbocycles. The summed E-state index contributed by atoms with van der Waals surface area (Å²) in [5, 5.41) is 9.82. The molecular weight excluding hydrogens is 212 g/mol. The van der Waals surface area contributed by atoms with E-state index < -0.39 is 6.10 Å². The molecule has 17 heavy (non-hydrogen) atoms. The third-order valence-corrected chi connectivity index (χ3v) is 2.47. The quantitative estimate of drug-likeness (QED) is 0.789. The zero-order valence-corrected chi connectivity index (χ0v) is 10.3. The van der Waals surface area contributed by atoms with Gasteiger partial charge >= 0.3 is 0 Å². The Morgan fingerprint density at radius 2 is 2.00 bits per heavy atom. The first kappa shape index (κ1) is 13.4. The Kier molecular flexibility index (Phi) is 5.37. The number of carbonyl (C=O) groups excluding carboxylic acids is 1. The van der Waals surface area contributed by atoms with Crippen LogP contribution in [0.15, 0.2) is 48.1 Å². The number of rotatable bonds is 5. The van der Waals surface area contributed by atoms with Gasteiger partial charge in [0.2, 0.25) is 0 Å². The van der Waals surface area contributed by atoms with Crippen LogP contribution in [0.2, 0.25) is 0 Å². The summed E-state index contributed by atoms with van der Waals surface area (Å²) in [5.41, 5.74) is 1.70. The fourth-order valence-electron chi connectivity index (χ4n) is 1.36. The van der Waals surface area contributed by atoms with Gasteiger partial charge < -0.3 is 5.11 Å². The average Bonchev–Trinajstić information content (AvgIpc) is 2.36. The van der Waals surface area contributed by atoms with Crippen molar-refractivity contribution >= 4 is 11.9 Å². The van der Waals surface area contributed by atoms with E-state index in [0.29, 0.717) is 12.0 Å². The standard InChI is InChI=1S/C15H18O2/c1-3-14(16)11-12(2)15(17)10-9-13-7-5-4-6-8-13/h4-11,15,17H,3H2,1-2H3/b10-9+,12-11-. The van der Waals surface area contributed by atoms with Crippen LogP contribution in [0.5, 0.6) is 0 Å². The van der Waals surface area contributed by atoms with Gasteiger partial charge in [0.15, 0.2) is 5.78 Å². The van der Waals surface area contributed by atoms with Crippen LogP contribution in [-0.2, 0) is 4.79 Å². The second-order valence-corrected chi connectivity index (χ2v) is 3.92. The summed E-state index contributed by atoms with van der Waals surface area (Å²) in [6.45, 7) is 3.56. The van der Waals surface area contributed by atoms with Crippen LogP contribution < -0.4 is 0 Å². The molecule has 0 aliphatic heterocycles. The molecule has 0 aromatic heterocycles. The molecule has 1 aromatic rings. The van der Waals surface area contributed by atoms with Gasteiger partial charge in [0.25, 0.3) is 0 Å². The van der Waals surface area contributed by atoms with Gasteiger partial charge in [-0.3, -0.25) is 4.79 Å². The number of ketones is 1. The van der Waals surface area contributed by atoms with E-state index in [9.17, 15) is 9.90 Å². The van der Waals surface area contributed by atoms with Crippen molar-refractivity contribution < 1.29 is 9.90 Å². The smallest absolute Gasteiger partial charge is 0.155 e. The lowest BCUT2D eigenvalue weighted by atomic mass is 10.1. The van der Waals surface area contributed by atoms with Gasteiger partial charge in [-0.25, -0.2) is 0 Å². The van der Waals surface area contributed by atoms with Gasteiger partial charge in [-0.1, -0.05) is 49.4 Å². The fourth-order valence-corrected chi connectivity index (χ4v) is 1.36. The van der Waals surface area contributed by atoms with E-state index in [-0.39, 0.29) is 5.78 Å². The minimum absolute atomic E-state index is 0.0367. The molecule has 0 spiro atoms. The topological polar surface area (TPSA) is 37.3 Å². The van der Waals surface area contributed by atoms with E-state index in [1.165, 1.54) is 6.08 Å². The predicted octanol–water partition coefficient (Wildman–Crippen LogP) is 2.99. The first-order valence-electron chi connectivity index (χ1n) is 5.76. The maximum atomic E-state index is 11.2. The third-order valence-electron chi connectivity index (χ3n) is 2.47.